The molecule has 0 saturated carbocycles. The van der Waals surface area contributed by atoms with Gasteiger partial charge in [-0.2, -0.15) is 0 Å². The smallest absolute Gasteiger partial charge is 0.189 e. The zero-order chi connectivity index (χ0) is 14.5. The number of amidine groups is 1. The fourth-order valence-electron chi connectivity index (χ4n) is 1.45. The lowest BCUT2D eigenvalue weighted by atomic mass is 10.2. The van der Waals surface area contributed by atoms with Gasteiger partial charge in [0.1, 0.15) is 12.4 Å². The minimum atomic E-state index is -2.00. The van der Waals surface area contributed by atoms with Crippen LogP contribution in [0.2, 0.25) is 0 Å². The van der Waals surface area contributed by atoms with Gasteiger partial charge < -0.3 is 14.8 Å². The van der Waals surface area contributed by atoms with E-state index in [4.69, 9.17) is 16.3 Å². The lowest BCUT2D eigenvalue weighted by molar-refractivity contribution is 0.133. The molecule has 15 heavy (non-hydrogen) atoms. The lowest BCUT2D eigenvalue weighted by Crippen LogP contribution is -2.42. The van der Waals surface area contributed by atoms with Crippen LogP contribution in [0.15, 0.2) is 29.2 Å². The predicted molar refractivity (Wildman–Crippen MR) is 56.7 cm³/mol. The van der Waals surface area contributed by atoms with Gasteiger partial charge in [-0.05, 0) is 12.1 Å². The van der Waals surface area contributed by atoms with Crippen molar-refractivity contribution >= 4 is 5.84 Å². The van der Waals surface area contributed by atoms with E-state index in [0.29, 0.717) is 11.5 Å². The number of aliphatic imine (C=N–C) groups is 1. The van der Waals surface area contributed by atoms with Crippen LogP contribution in [0.5, 0.6) is 11.5 Å². The highest BCUT2D eigenvalue weighted by Crippen LogP contribution is 2.31. The Labute approximate surface area is 94.9 Å². The molecule has 4 heteroatoms. The van der Waals surface area contributed by atoms with Crippen molar-refractivity contribution < 1.29 is 16.3 Å². The molecule has 2 atom stereocenters. The van der Waals surface area contributed by atoms with Crippen LogP contribution in [0.25, 0.3) is 0 Å². The summed E-state index contributed by atoms with van der Waals surface area (Å²) in [6.07, 6.45) is -0.649. The Hall–Kier alpha value is -1.71. The van der Waals surface area contributed by atoms with Crippen molar-refractivity contribution in [2.24, 2.45) is 4.99 Å². The van der Waals surface area contributed by atoms with E-state index in [1.165, 1.54) is 12.1 Å². The molecule has 78 valence electrons. The first-order chi connectivity index (χ1) is 9.37. The molecule has 0 amide bonds. The van der Waals surface area contributed by atoms with Gasteiger partial charge in [0.15, 0.2) is 17.6 Å². The van der Waals surface area contributed by atoms with Crippen molar-refractivity contribution in [3.63, 3.8) is 0 Å². The van der Waals surface area contributed by atoms with Crippen LogP contribution in [-0.2, 0) is 0 Å². The summed E-state index contributed by atoms with van der Waals surface area (Å²) in [5.41, 5.74) is 0. The van der Waals surface area contributed by atoms with Crippen LogP contribution in [0.4, 0.5) is 0 Å². The second-order valence-electron chi connectivity index (χ2n) is 3.14. The maximum absolute atomic E-state index is 7.57. The molecule has 2 aliphatic rings. The van der Waals surface area contributed by atoms with Crippen LogP contribution in [-0.4, -0.2) is 31.6 Å². The Morgan fingerprint density at radius 3 is 3.13 bits per heavy atom. The van der Waals surface area contributed by atoms with Gasteiger partial charge in [-0.15, -0.1) is 0 Å². The summed E-state index contributed by atoms with van der Waals surface area (Å²) in [6.45, 7) is -3.06. The van der Waals surface area contributed by atoms with E-state index in [9.17, 15) is 0 Å². The first-order valence-electron chi connectivity index (χ1n) is 7.14. The van der Waals surface area contributed by atoms with Gasteiger partial charge >= 0.3 is 0 Å². The molecule has 1 aromatic rings. The second-order valence-corrected chi connectivity index (χ2v) is 3.14. The summed E-state index contributed by atoms with van der Waals surface area (Å²) >= 11 is 0. The average Bonchev–Trinajstić information content (AvgIpc) is 2.65. The molecule has 1 aromatic carbocycles. The van der Waals surface area contributed by atoms with E-state index >= 15 is 0 Å². The average molecular weight is 209 g/mol. The molecule has 0 aliphatic carbocycles. The van der Waals surface area contributed by atoms with Crippen molar-refractivity contribution in [3.8, 4) is 11.5 Å². The van der Waals surface area contributed by atoms with Crippen molar-refractivity contribution in [3.05, 3.63) is 24.2 Å². The fraction of sp³-hybridized carbons (Fsp3) is 0.364. The molecule has 1 N–H and O–H groups in total. The molecule has 3 rings (SSSR count). The number of ether oxygens (including phenoxy) is 2. The Balaban J connectivity index is 1.85. The largest absolute Gasteiger partial charge is 0.485 e. The highest BCUT2D eigenvalue weighted by atomic mass is 16.6. The van der Waals surface area contributed by atoms with Crippen LogP contribution < -0.4 is 14.8 Å². The molecule has 4 nitrogen and oxygen atoms in total. The molecule has 0 aromatic heterocycles. The third-order valence-electron chi connectivity index (χ3n) is 2.17. The number of nitrogens with zero attached hydrogens (tertiary/aromatic N) is 1. The second kappa shape index (κ2) is 3.46. The van der Waals surface area contributed by atoms with Gasteiger partial charge in [0.05, 0.1) is 13.4 Å². The highest BCUT2D eigenvalue weighted by Gasteiger charge is 2.26. The molecule has 2 aliphatic heterocycles. The van der Waals surface area contributed by atoms with E-state index in [0.717, 1.165) is 0 Å². The number of benzene rings is 1. The summed E-state index contributed by atoms with van der Waals surface area (Å²) in [4.78, 5) is 3.80. The standard InChI is InChI=1S/C11H12N2O2/c1-2-4-9-8(3-1)14-7-10(15-9)11-12-5-6-13-11/h1-4,10H,5-7H2,(H,12,13)/i1D,2D,5D,6D2/t5-,10?/m0/s1. The molecule has 0 fully saturated rings. The summed E-state index contributed by atoms with van der Waals surface area (Å²) < 4.78 is 48.8. The van der Waals surface area contributed by atoms with E-state index in [2.05, 4.69) is 10.3 Å². The van der Waals surface area contributed by atoms with Crippen molar-refractivity contribution in [2.45, 2.75) is 6.10 Å². The van der Waals surface area contributed by atoms with Gasteiger partial charge in [0, 0.05) is 6.52 Å². The first kappa shape index (κ1) is 4.88. The number of rotatable bonds is 1. The molecule has 0 bridgehead atoms. The van der Waals surface area contributed by atoms with Crippen LogP contribution in [0.3, 0.4) is 0 Å². The van der Waals surface area contributed by atoms with Crippen molar-refractivity contribution in [1.82, 2.24) is 5.32 Å². The number of hydrogen-bond acceptors (Lipinski definition) is 4. The molecule has 0 saturated heterocycles. The Morgan fingerprint density at radius 1 is 1.47 bits per heavy atom. The van der Waals surface area contributed by atoms with E-state index in [-0.39, 0.29) is 24.5 Å². The fourth-order valence-corrected chi connectivity index (χ4v) is 1.45. The number of nitrogens with one attached hydrogen (secondary N) is 1. The normalized spacial score (nSPS) is 36.3. The van der Waals surface area contributed by atoms with Crippen LogP contribution in [0, 0.1) is 0 Å². The minimum Gasteiger partial charge on any atom is -0.485 e. The summed E-state index contributed by atoms with van der Waals surface area (Å²) in [7, 11) is 0. The third kappa shape index (κ3) is 1.52. The quantitative estimate of drug-likeness (QED) is 0.745. The molecular formula is C11H12N2O2. The number of para-hydroxylation sites is 2. The maximum atomic E-state index is 7.57. The number of fused-ring (bicyclic) bond motifs is 1. The molecular weight excluding hydrogens is 192 g/mol. The van der Waals surface area contributed by atoms with E-state index in [1.807, 2.05) is 0 Å². The van der Waals surface area contributed by atoms with Crippen LogP contribution >= 0.6 is 0 Å². The molecule has 0 radical (unpaired) electrons. The van der Waals surface area contributed by atoms with Crippen LogP contribution in [0.1, 0.15) is 6.85 Å². The molecule has 2 heterocycles. The van der Waals surface area contributed by atoms with E-state index in [1.54, 1.807) is 0 Å². The summed E-state index contributed by atoms with van der Waals surface area (Å²) in [5.74, 6) is 0.925. The summed E-state index contributed by atoms with van der Waals surface area (Å²) in [5, 5.41) is 2.62. The zero-order valence-electron chi connectivity index (χ0n) is 12.8. The Kier molecular flexibility index (Phi) is 1.12. The minimum absolute atomic E-state index is 0.0167. The van der Waals surface area contributed by atoms with Gasteiger partial charge in [-0.1, -0.05) is 12.1 Å². The van der Waals surface area contributed by atoms with E-state index < -0.39 is 19.1 Å². The van der Waals surface area contributed by atoms with Gasteiger partial charge in [0.25, 0.3) is 0 Å². The first-order valence-corrected chi connectivity index (χ1v) is 4.56. The highest BCUT2D eigenvalue weighted by molar-refractivity contribution is 5.88. The Morgan fingerprint density at radius 2 is 2.33 bits per heavy atom. The molecule has 1 unspecified atom stereocenters. The van der Waals surface area contributed by atoms with Gasteiger partial charge in [-0.25, -0.2) is 0 Å². The summed E-state index contributed by atoms with van der Waals surface area (Å²) in [6, 6.07) is 2.85. The SMILES string of the molecule is [2H]c1cc2c(cc1[2H])OC(C1=NC([2H])([2H])[C@H]([2H])N1)CO2. The third-order valence-corrected chi connectivity index (χ3v) is 2.17. The topological polar surface area (TPSA) is 42.8 Å². The monoisotopic (exact) mass is 209 g/mol. The lowest BCUT2D eigenvalue weighted by Gasteiger charge is -2.26. The Bertz CT molecular complexity index is 592. The van der Waals surface area contributed by atoms with Crippen molar-refractivity contribution in [1.29, 1.82) is 0 Å². The molecule has 0 spiro atoms. The zero-order valence-corrected chi connectivity index (χ0v) is 7.78. The van der Waals surface area contributed by atoms with Crippen molar-refractivity contribution in [2.75, 3.05) is 19.6 Å². The number of hydrogen-bond donors (Lipinski definition) is 1. The maximum Gasteiger partial charge on any atom is 0.189 e. The predicted octanol–water partition coefficient (Wildman–Crippen LogP) is 0.828. The van der Waals surface area contributed by atoms with Gasteiger partial charge in [-0.3, -0.25) is 4.99 Å². The van der Waals surface area contributed by atoms with Gasteiger partial charge in [0.2, 0.25) is 0 Å².